The maximum atomic E-state index is 15.0. The molecule has 5 heterocycles. The highest BCUT2D eigenvalue weighted by atomic mass is 19.1. The van der Waals surface area contributed by atoms with Crippen LogP contribution in [0.25, 0.3) is 22.3 Å². The molecular formula is C31H37F2N7O. The van der Waals surface area contributed by atoms with Crippen LogP contribution < -0.4 is 5.32 Å². The summed E-state index contributed by atoms with van der Waals surface area (Å²) in [6, 6.07) is 7.27. The number of piperidine rings is 1. The number of benzene rings is 1. The van der Waals surface area contributed by atoms with Gasteiger partial charge in [-0.05, 0) is 95.6 Å². The third kappa shape index (κ3) is 5.42. The van der Waals surface area contributed by atoms with Gasteiger partial charge in [0.05, 0.1) is 11.7 Å². The van der Waals surface area contributed by atoms with Crippen LogP contribution in [0.15, 0.2) is 36.7 Å². The lowest BCUT2D eigenvalue weighted by Crippen LogP contribution is -2.43. The third-order valence-corrected chi connectivity index (χ3v) is 8.93. The van der Waals surface area contributed by atoms with E-state index in [1.165, 1.54) is 31.7 Å². The number of nitrogens with one attached hydrogen (secondary N) is 1. The van der Waals surface area contributed by atoms with Crippen molar-refractivity contribution in [3.05, 3.63) is 59.7 Å². The van der Waals surface area contributed by atoms with Crippen molar-refractivity contribution >= 4 is 22.8 Å². The van der Waals surface area contributed by atoms with Crippen LogP contribution in [0.4, 0.5) is 20.5 Å². The van der Waals surface area contributed by atoms with E-state index >= 15 is 4.39 Å². The largest absolute Gasteiger partial charge is 0.381 e. The van der Waals surface area contributed by atoms with E-state index < -0.39 is 11.6 Å². The van der Waals surface area contributed by atoms with Crippen LogP contribution in [0, 0.1) is 24.0 Å². The zero-order chi connectivity index (χ0) is 28.7. The number of likely N-dealkylation sites (tertiary alicyclic amines) is 1. The van der Waals surface area contributed by atoms with Crippen molar-refractivity contribution in [2.75, 3.05) is 31.6 Å². The molecule has 1 spiro atoms. The molecule has 41 heavy (non-hydrogen) atoms. The summed E-state index contributed by atoms with van der Waals surface area (Å²) in [5, 5.41) is 3.07. The summed E-state index contributed by atoms with van der Waals surface area (Å²) in [7, 11) is 0. The molecule has 0 radical (unpaired) electrons. The van der Waals surface area contributed by atoms with Crippen molar-refractivity contribution in [3.63, 3.8) is 0 Å². The van der Waals surface area contributed by atoms with Gasteiger partial charge in [-0.3, -0.25) is 4.90 Å². The lowest BCUT2D eigenvalue weighted by atomic mass is 9.72. The zero-order valence-electron chi connectivity index (χ0n) is 24.1. The SMILES string of the molecule is Cc1nc2c(F)cc(-c3nc(Nc4ccc(C(C)N5CCC6(CCOCC6)CC5)cn4)ncc3F)cc2n1C(C)C. The predicted molar refractivity (Wildman–Crippen MR) is 155 cm³/mol. The highest BCUT2D eigenvalue weighted by Gasteiger charge is 2.37. The van der Waals surface area contributed by atoms with Gasteiger partial charge in [0.25, 0.3) is 0 Å². The summed E-state index contributed by atoms with van der Waals surface area (Å²) in [5.74, 6) is 0.275. The molecule has 1 atom stereocenters. The summed E-state index contributed by atoms with van der Waals surface area (Å²) in [6.07, 6.45) is 7.75. The summed E-state index contributed by atoms with van der Waals surface area (Å²) in [5.41, 5.74) is 2.79. The number of anilines is 2. The first-order valence-corrected chi connectivity index (χ1v) is 14.5. The third-order valence-electron chi connectivity index (χ3n) is 8.93. The zero-order valence-corrected chi connectivity index (χ0v) is 24.1. The van der Waals surface area contributed by atoms with Crippen molar-refractivity contribution < 1.29 is 13.5 Å². The van der Waals surface area contributed by atoms with Crippen LogP contribution in [0.1, 0.15) is 69.9 Å². The molecule has 216 valence electrons. The van der Waals surface area contributed by atoms with Gasteiger partial charge < -0.3 is 14.6 Å². The number of ether oxygens (including phenoxy) is 1. The first-order valence-electron chi connectivity index (χ1n) is 14.5. The number of halogens is 2. The van der Waals surface area contributed by atoms with Crippen LogP contribution in [-0.2, 0) is 4.74 Å². The molecule has 3 aromatic heterocycles. The van der Waals surface area contributed by atoms with Crippen LogP contribution in [0.3, 0.4) is 0 Å². The number of aromatic nitrogens is 5. The van der Waals surface area contributed by atoms with Crippen LogP contribution in [0.5, 0.6) is 0 Å². The minimum Gasteiger partial charge on any atom is -0.381 e. The lowest BCUT2D eigenvalue weighted by molar-refractivity contribution is -0.0266. The number of imidazole rings is 1. The predicted octanol–water partition coefficient (Wildman–Crippen LogP) is 6.75. The Labute approximate surface area is 239 Å². The Morgan fingerprint density at radius 3 is 2.37 bits per heavy atom. The molecule has 6 rings (SSSR count). The Hall–Kier alpha value is -3.50. The van der Waals surface area contributed by atoms with Crippen molar-refractivity contribution in [2.24, 2.45) is 5.41 Å². The molecule has 10 heteroatoms. The van der Waals surface area contributed by atoms with Crippen molar-refractivity contribution in [1.29, 1.82) is 0 Å². The highest BCUT2D eigenvalue weighted by molar-refractivity contribution is 5.83. The minimum absolute atomic E-state index is 0.00935. The Morgan fingerprint density at radius 1 is 0.927 bits per heavy atom. The van der Waals surface area contributed by atoms with Gasteiger partial charge in [-0.1, -0.05) is 6.07 Å². The second-order valence-electron chi connectivity index (χ2n) is 11.8. The van der Waals surface area contributed by atoms with Crippen molar-refractivity contribution in [2.45, 2.75) is 65.5 Å². The van der Waals surface area contributed by atoms with Crippen molar-refractivity contribution in [1.82, 2.24) is 29.4 Å². The molecule has 2 aliphatic heterocycles. The van der Waals surface area contributed by atoms with E-state index in [1.807, 2.05) is 37.6 Å². The van der Waals surface area contributed by atoms with Gasteiger partial charge in [0.1, 0.15) is 22.9 Å². The normalized spacial score (nSPS) is 18.3. The van der Waals surface area contributed by atoms with E-state index in [2.05, 4.69) is 43.1 Å². The molecule has 0 saturated carbocycles. The van der Waals surface area contributed by atoms with E-state index in [9.17, 15) is 4.39 Å². The van der Waals surface area contributed by atoms with Gasteiger partial charge in [0.15, 0.2) is 11.6 Å². The maximum absolute atomic E-state index is 15.0. The second-order valence-corrected chi connectivity index (χ2v) is 11.8. The molecule has 4 aromatic rings. The van der Waals surface area contributed by atoms with Gasteiger partial charge >= 0.3 is 0 Å². The molecular weight excluding hydrogens is 524 g/mol. The smallest absolute Gasteiger partial charge is 0.229 e. The number of nitrogens with zero attached hydrogens (tertiary/aromatic N) is 6. The molecule has 2 aliphatic rings. The fourth-order valence-corrected chi connectivity index (χ4v) is 6.43. The van der Waals surface area contributed by atoms with E-state index in [4.69, 9.17) is 4.74 Å². The molecule has 2 fully saturated rings. The van der Waals surface area contributed by atoms with Gasteiger partial charge in [-0.25, -0.2) is 28.7 Å². The Bertz CT molecular complexity index is 1540. The van der Waals surface area contributed by atoms with Gasteiger partial charge in [0, 0.05) is 37.1 Å². The average Bonchev–Trinajstić information content (AvgIpc) is 3.31. The van der Waals surface area contributed by atoms with E-state index in [0.717, 1.165) is 38.1 Å². The van der Waals surface area contributed by atoms with Gasteiger partial charge in [-0.2, -0.15) is 0 Å². The molecule has 1 aromatic carbocycles. The highest BCUT2D eigenvalue weighted by Crippen LogP contribution is 2.42. The van der Waals surface area contributed by atoms with E-state index in [1.54, 1.807) is 6.07 Å². The van der Waals surface area contributed by atoms with Crippen LogP contribution >= 0.6 is 0 Å². The minimum atomic E-state index is -0.636. The Morgan fingerprint density at radius 2 is 1.68 bits per heavy atom. The molecule has 2 saturated heterocycles. The number of hydrogen-bond acceptors (Lipinski definition) is 7. The number of pyridine rings is 1. The first kappa shape index (κ1) is 27.7. The number of rotatable bonds is 6. The summed E-state index contributed by atoms with van der Waals surface area (Å²) in [4.78, 5) is 20.0. The molecule has 0 bridgehead atoms. The Balaban J connectivity index is 1.18. The maximum Gasteiger partial charge on any atom is 0.229 e. The van der Waals surface area contributed by atoms with Crippen LogP contribution in [0.2, 0.25) is 0 Å². The Kier molecular flexibility index (Phi) is 7.46. The van der Waals surface area contributed by atoms with Gasteiger partial charge in [-0.15, -0.1) is 0 Å². The molecule has 0 aliphatic carbocycles. The second kappa shape index (κ2) is 11.1. The number of hydrogen-bond donors (Lipinski definition) is 1. The molecule has 1 unspecified atom stereocenters. The molecule has 1 N–H and O–H groups in total. The molecule has 8 nitrogen and oxygen atoms in total. The summed E-state index contributed by atoms with van der Waals surface area (Å²) < 4.78 is 37.4. The fraction of sp³-hybridized carbons (Fsp3) is 0.484. The number of aryl methyl sites for hydroxylation is 1. The van der Waals surface area contributed by atoms with Crippen LogP contribution in [-0.4, -0.2) is 55.7 Å². The van der Waals surface area contributed by atoms with E-state index in [-0.39, 0.29) is 29.2 Å². The summed E-state index contributed by atoms with van der Waals surface area (Å²) in [6.45, 7) is 12.0. The average molecular weight is 562 g/mol. The fourth-order valence-electron chi connectivity index (χ4n) is 6.43. The first-order chi connectivity index (χ1) is 19.7. The quantitative estimate of drug-likeness (QED) is 0.279. The standard InChI is InChI=1S/C31H37F2N7O/c1-19(2)40-21(4)36-29-24(32)15-23(16-26(29)40)28-25(33)18-35-30(38-28)37-27-6-5-22(17-34-27)20(3)39-11-7-31(8-12-39)9-13-41-14-10-31/h5-6,15-20H,7-14H2,1-4H3,(H,34,35,37,38). The lowest BCUT2D eigenvalue weighted by Gasteiger charge is -2.45. The van der Waals surface area contributed by atoms with E-state index in [0.29, 0.717) is 28.1 Å². The molecule has 0 amide bonds. The van der Waals surface area contributed by atoms with Crippen molar-refractivity contribution in [3.8, 4) is 11.3 Å². The number of fused-ring (bicyclic) bond motifs is 1. The summed E-state index contributed by atoms with van der Waals surface area (Å²) >= 11 is 0. The monoisotopic (exact) mass is 561 g/mol. The van der Waals surface area contributed by atoms with Gasteiger partial charge in [0.2, 0.25) is 5.95 Å². The topological polar surface area (TPSA) is 81.0 Å².